The van der Waals surface area contributed by atoms with Crippen LogP contribution in [-0.2, 0) is 4.79 Å². The van der Waals surface area contributed by atoms with E-state index in [4.69, 9.17) is 5.11 Å². The van der Waals surface area contributed by atoms with Crippen molar-refractivity contribution >= 4 is 23.8 Å². The number of carbonyl (C=O) groups is 2. The van der Waals surface area contributed by atoms with Crippen LogP contribution in [0.1, 0.15) is 46.0 Å². The summed E-state index contributed by atoms with van der Waals surface area (Å²) in [6, 6.07) is -1.06. The molecule has 1 saturated carbocycles. The minimum absolute atomic E-state index is 0.0770. The Morgan fingerprint density at radius 3 is 2.65 bits per heavy atom. The zero-order valence-electron chi connectivity index (χ0n) is 12.6. The number of rotatable bonds is 6. The standard InChI is InChI=1S/C14H26N2O3S/c1-14(2)8-5-4-6-11(14)16-13(19)15-10(12(17)18)7-9-20-3/h10-11H,4-9H2,1-3H3,(H,17,18)(H2,15,16,19)/t10-,11?/m0/s1. The van der Waals surface area contributed by atoms with Crippen molar-refractivity contribution in [3.63, 3.8) is 0 Å². The van der Waals surface area contributed by atoms with E-state index in [9.17, 15) is 9.59 Å². The number of urea groups is 1. The average molecular weight is 302 g/mol. The van der Waals surface area contributed by atoms with Crippen LogP contribution in [-0.4, -0.2) is 41.2 Å². The van der Waals surface area contributed by atoms with Crippen molar-refractivity contribution in [1.29, 1.82) is 0 Å². The molecule has 0 aromatic carbocycles. The van der Waals surface area contributed by atoms with Gasteiger partial charge in [-0.1, -0.05) is 26.7 Å². The van der Waals surface area contributed by atoms with Crippen LogP contribution in [0.15, 0.2) is 0 Å². The summed E-state index contributed by atoms with van der Waals surface area (Å²) in [6.07, 6.45) is 6.72. The highest BCUT2D eigenvalue weighted by molar-refractivity contribution is 7.98. The predicted molar refractivity (Wildman–Crippen MR) is 82.1 cm³/mol. The fourth-order valence-corrected chi connectivity index (χ4v) is 3.08. The molecule has 5 nitrogen and oxygen atoms in total. The van der Waals surface area contributed by atoms with Crippen LogP contribution < -0.4 is 10.6 Å². The van der Waals surface area contributed by atoms with Gasteiger partial charge in [-0.25, -0.2) is 9.59 Å². The molecule has 0 aromatic heterocycles. The van der Waals surface area contributed by atoms with E-state index in [1.807, 2.05) is 6.26 Å². The summed E-state index contributed by atoms with van der Waals surface area (Å²) in [4.78, 5) is 23.1. The van der Waals surface area contributed by atoms with Gasteiger partial charge in [0.1, 0.15) is 6.04 Å². The van der Waals surface area contributed by atoms with Crippen molar-refractivity contribution < 1.29 is 14.7 Å². The summed E-state index contributed by atoms with van der Waals surface area (Å²) < 4.78 is 0. The van der Waals surface area contributed by atoms with Gasteiger partial charge in [0.25, 0.3) is 0 Å². The van der Waals surface area contributed by atoms with Gasteiger partial charge in [0.05, 0.1) is 0 Å². The van der Waals surface area contributed by atoms with E-state index in [0.29, 0.717) is 12.2 Å². The molecular formula is C14H26N2O3S. The molecule has 116 valence electrons. The van der Waals surface area contributed by atoms with E-state index in [1.165, 1.54) is 6.42 Å². The lowest BCUT2D eigenvalue weighted by molar-refractivity contribution is -0.139. The van der Waals surface area contributed by atoms with Gasteiger partial charge in [-0.2, -0.15) is 11.8 Å². The third-order valence-corrected chi connectivity index (χ3v) is 4.67. The van der Waals surface area contributed by atoms with E-state index in [2.05, 4.69) is 24.5 Å². The SMILES string of the molecule is CSCC[C@H](NC(=O)NC1CCCCC1(C)C)C(=O)O. The van der Waals surface area contributed by atoms with Gasteiger partial charge in [0.2, 0.25) is 0 Å². The fourth-order valence-electron chi connectivity index (χ4n) is 2.61. The highest BCUT2D eigenvalue weighted by Gasteiger charge is 2.33. The molecule has 2 atom stereocenters. The molecule has 1 unspecified atom stereocenters. The van der Waals surface area contributed by atoms with Crippen LogP contribution in [0, 0.1) is 5.41 Å². The van der Waals surface area contributed by atoms with Crippen molar-refractivity contribution in [1.82, 2.24) is 10.6 Å². The van der Waals surface area contributed by atoms with Crippen molar-refractivity contribution in [3.05, 3.63) is 0 Å². The second-order valence-corrected chi connectivity index (χ2v) is 7.06. The lowest BCUT2D eigenvalue weighted by Crippen LogP contribution is -2.53. The molecule has 0 bridgehead atoms. The van der Waals surface area contributed by atoms with Crippen molar-refractivity contribution in [3.8, 4) is 0 Å². The average Bonchev–Trinajstić information content (AvgIpc) is 2.36. The van der Waals surface area contributed by atoms with E-state index in [1.54, 1.807) is 11.8 Å². The number of hydrogen-bond donors (Lipinski definition) is 3. The van der Waals surface area contributed by atoms with Crippen molar-refractivity contribution in [2.24, 2.45) is 5.41 Å². The Morgan fingerprint density at radius 2 is 2.10 bits per heavy atom. The zero-order valence-corrected chi connectivity index (χ0v) is 13.4. The predicted octanol–water partition coefficient (Wildman–Crippen LogP) is 2.46. The smallest absolute Gasteiger partial charge is 0.326 e. The number of carboxylic acid groups (broad SMARTS) is 1. The van der Waals surface area contributed by atoms with Gasteiger partial charge in [-0.05, 0) is 36.7 Å². The Kier molecular flexibility index (Phi) is 6.65. The normalized spacial score (nSPS) is 22.9. The maximum atomic E-state index is 12.0. The van der Waals surface area contributed by atoms with Gasteiger partial charge >= 0.3 is 12.0 Å². The summed E-state index contributed by atoms with van der Waals surface area (Å²) in [5, 5.41) is 14.6. The van der Waals surface area contributed by atoms with Crippen molar-refractivity contribution in [2.45, 2.75) is 58.0 Å². The molecule has 0 saturated heterocycles. The minimum Gasteiger partial charge on any atom is -0.480 e. The van der Waals surface area contributed by atoms with E-state index < -0.39 is 12.0 Å². The highest BCUT2D eigenvalue weighted by Crippen LogP contribution is 2.35. The van der Waals surface area contributed by atoms with Gasteiger partial charge in [-0.3, -0.25) is 0 Å². The molecule has 0 radical (unpaired) electrons. The lowest BCUT2D eigenvalue weighted by atomic mass is 9.73. The summed E-state index contributed by atoms with van der Waals surface area (Å²) in [5.74, 6) is -0.260. The quantitative estimate of drug-likeness (QED) is 0.704. The first-order valence-electron chi connectivity index (χ1n) is 7.15. The molecule has 2 amide bonds. The molecule has 6 heteroatoms. The summed E-state index contributed by atoms with van der Waals surface area (Å²) in [7, 11) is 0. The largest absolute Gasteiger partial charge is 0.480 e. The van der Waals surface area contributed by atoms with Crippen LogP contribution >= 0.6 is 11.8 Å². The molecule has 0 aliphatic heterocycles. The molecular weight excluding hydrogens is 276 g/mol. The third-order valence-electron chi connectivity index (χ3n) is 4.03. The Labute approximate surface area is 125 Å². The third kappa shape index (κ3) is 5.23. The Morgan fingerprint density at radius 1 is 1.40 bits per heavy atom. The molecule has 20 heavy (non-hydrogen) atoms. The van der Waals surface area contributed by atoms with Gasteiger partial charge < -0.3 is 15.7 Å². The Hall–Kier alpha value is -0.910. The van der Waals surface area contributed by atoms with Crippen LogP contribution in [0.25, 0.3) is 0 Å². The molecule has 3 N–H and O–H groups in total. The summed E-state index contributed by atoms with van der Waals surface area (Å²) >= 11 is 1.57. The second kappa shape index (κ2) is 7.76. The fraction of sp³-hybridized carbons (Fsp3) is 0.857. The second-order valence-electron chi connectivity index (χ2n) is 6.08. The zero-order chi connectivity index (χ0) is 15.2. The van der Waals surface area contributed by atoms with Crippen LogP contribution in [0.5, 0.6) is 0 Å². The molecule has 0 heterocycles. The number of aliphatic carboxylic acids is 1. The molecule has 0 aromatic rings. The minimum atomic E-state index is -0.975. The first-order chi connectivity index (χ1) is 9.36. The number of carboxylic acids is 1. The molecule has 1 aliphatic carbocycles. The van der Waals surface area contributed by atoms with Crippen LogP contribution in [0.3, 0.4) is 0 Å². The molecule has 1 aliphatic rings. The molecule has 1 fully saturated rings. The number of nitrogens with one attached hydrogen (secondary N) is 2. The maximum Gasteiger partial charge on any atom is 0.326 e. The number of hydrogen-bond acceptors (Lipinski definition) is 3. The van der Waals surface area contributed by atoms with Gasteiger partial charge in [0, 0.05) is 6.04 Å². The first kappa shape index (κ1) is 17.1. The number of amides is 2. The van der Waals surface area contributed by atoms with Crippen molar-refractivity contribution in [2.75, 3.05) is 12.0 Å². The van der Waals surface area contributed by atoms with Crippen LogP contribution in [0.4, 0.5) is 4.79 Å². The first-order valence-corrected chi connectivity index (χ1v) is 8.55. The monoisotopic (exact) mass is 302 g/mol. The number of carbonyl (C=O) groups excluding carboxylic acids is 1. The topological polar surface area (TPSA) is 78.4 Å². The summed E-state index contributed by atoms with van der Waals surface area (Å²) in [5.41, 5.74) is 0.0770. The Bertz CT molecular complexity index is 347. The van der Waals surface area contributed by atoms with E-state index in [0.717, 1.165) is 19.3 Å². The van der Waals surface area contributed by atoms with Crippen LogP contribution in [0.2, 0.25) is 0 Å². The molecule has 1 rings (SSSR count). The van der Waals surface area contributed by atoms with E-state index >= 15 is 0 Å². The number of thioether (sulfide) groups is 1. The van der Waals surface area contributed by atoms with E-state index in [-0.39, 0.29) is 17.5 Å². The Balaban J connectivity index is 2.50. The summed E-state index contributed by atoms with van der Waals surface area (Å²) in [6.45, 7) is 4.30. The van der Waals surface area contributed by atoms with Gasteiger partial charge in [-0.15, -0.1) is 0 Å². The highest BCUT2D eigenvalue weighted by atomic mass is 32.2. The van der Waals surface area contributed by atoms with Gasteiger partial charge in [0.15, 0.2) is 0 Å². The lowest BCUT2D eigenvalue weighted by Gasteiger charge is -2.39. The molecule has 0 spiro atoms. The maximum absolute atomic E-state index is 12.0.